The number of carboxylic acids is 1. The first-order chi connectivity index (χ1) is 14.4. The molecule has 0 fully saturated rings. The van der Waals surface area contributed by atoms with Crippen LogP contribution in [0.5, 0.6) is 5.75 Å². The van der Waals surface area contributed by atoms with Crippen molar-refractivity contribution in [2.75, 3.05) is 0 Å². The molecule has 0 heterocycles. The van der Waals surface area contributed by atoms with E-state index in [4.69, 9.17) is 9.84 Å². The first-order valence-corrected chi connectivity index (χ1v) is 10.2. The van der Waals surface area contributed by atoms with Crippen LogP contribution in [0.1, 0.15) is 42.1 Å². The van der Waals surface area contributed by atoms with E-state index in [9.17, 15) is 4.79 Å². The van der Waals surface area contributed by atoms with Crippen molar-refractivity contribution in [3.63, 3.8) is 0 Å². The topological polar surface area (TPSA) is 58.6 Å². The minimum absolute atomic E-state index is 0.0614. The lowest BCUT2D eigenvalue weighted by atomic mass is 9.97. The van der Waals surface area contributed by atoms with Crippen LogP contribution in [0.2, 0.25) is 0 Å². The van der Waals surface area contributed by atoms with Crippen molar-refractivity contribution in [2.45, 2.75) is 46.4 Å². The number of aliphatic carboxylic acids is 1. The van der Waals surface area contributed by atoms with Crippen molar-refractivity contribution in [2.24, 2.45) is 0 Å². The third-order valence-corrected chi connectivity index (χ3v) is 5.48. The maximum absolute atomic E-state index is 11.1. The Bertz CT molecular complexity index is 1010. The van der Waals surface area contributed by atoms with Gasteiger partial charge in [0.05, 0.1) is 0 Å². The predicted octanol–water partition coefficient (Wildman–Crippen LogP) is 5.67. The first-order valence-electron chi connectivity index (χ1n) is 10.2. The zero-order valence-electron chi connectivity index (χ0n) is 18.0. The fourth-order valence-corrected chi connectivity index (χ4v) is 3.57. The van der Waals surface area contributed by atoms with E-state index in [0.29, 0.717) is 6.61 Å². The number of nitrogens with one attached hydrogen (secondary N) is 1. The second kappa shape index (κ2) is 9.59. The standard InChI is InChI=1S/C26H29NO3/c1-17-15-22(19(3)27-20(4)26(28)29)13-14-25(17)30-16-23-11-8-12-24(18(23)2)21-9-6-5-7-10-21/h5-15,19-20,27H,16H2,1-4H3,(H,28,29)/t19?,20-/m1/s1. The van der Waals surface area contributed by atoms with Crippen molar-refractivity contribution < 1.29 is 14.6 Å². The Morgan fingerprint density at radius 2 is 1.73 bits per heavy atom. The molecule has 4 nitrogen and oxygen atoms in total. The lowest BCUT2D eigenvalue weighted by Gasteiger charge is -2.19. The molecule has 0 spiro atoms. The molecule has 0 aliphatic carbocycles. The number of benzene rings is 3. The Balaban J connectivity index is 1.72. The molecule has 2 N–H and O–H groups in total. The molecule has 3 aromatic carbocycles. The van der Waals surface area contributed by atoms with Crippen molar-refractivity contribution in [1.29, 1.82) is 0 Å². The molecule has 0 aliphatic rings. The number of hydrogen-bond donors (Lipinski definition) is 2. The van der Waals surface area contributed by atoms with Crippen LogP contribution < -0.4 is 10.1 Å². The lowest BCUT2D eigenvalue weighted by molar-refractivity contribution is -0.139. The number of ether oxygens (including phenoxy) is 1. The quantitative estimate of drug-likeness (QED) is 0.508. The van der Waals surface area contributed by atoms with Gasteiger partial charge in [0.15, 0.2) is 0 Å². The molecular weight excluding hydrogens is 374 g/mol. The Morgan fingerprint density at radius 3 is 2.40 bits per heavy atom. The number of carboxylic acid groups (broad SMARTS) is 1. The first kappa shape index (κ1) is 21.6. The average molecular weight is 404 g/mol. The highest BCUT2D eigenvalue weighted by atomic mass is 16.5. The maximum atomic E-state index is 11.1. The van der Waals surface area contributed by atoms with Crippen LogP contribution >= 0.6 is 0 Å². The number of carbonyl (C=O) groups is 1. The minimum atomic E-state index is -0.855. The van der Waals surface area contributed by atoms with Gasteiger partial charge < -0.3 is 9.84 Å². The predicted molar refractivity (Wildman–Crippen MR) is 121 cm³/mol. The van der Waals surface area contributed by atoms with Gasteiger partial charge in [0.1, 0.15) is 18.4 Å². The zero-order chi connectivity index (χ0) is 21.7. The summed E-state index contributed by atoms with van der Waals surface area (Å²) in [6.07, 6.45) is 0. The Morgan fingerprint density at radius 1 is 1.00 bits per heavy atom. The summed E-state index contributed by atoms with van der Waals surface area (Å²) in [4.78, 5) is 11.1. The summed E-state index contributed by atoms with van der Waals surface area (Å²) in [5, 5.41) is 12.2. The summed E-state index contributed by atoms with van der Waals surface area (Å²) in [5.74, 6) is -0.0200. The molecule has 30 heavy (non-hydrogen) atoms. The largest absolute Gasteiger partial charge is 0.489 e. The highest BCUT2D eigenvalue weighted by Gasteiger charge is 2.16. The molecule has 0 amide bonds. The van der Waals surface area contributed by atoms with Gasteiger partial charge in [0.2, 0.25) is 0 Å². The maximum Gasteiger partial charge on any atom is 0.320 e. The second-order valence-corrected chi connectivity index (χ2v) is 7.72. The van der Waals surface area contributed by atoms with Crippen LogP contribution in [0, 0.1) is 13.8 Å². The fraction of sp³-hybridized carbons (Fsp3) is 0.269. The molecule has 156 valence electrons. The van der Waals surface area contributed by atoms with Crippen LogP contribution in [0.25, 0.3) is 11.1 Å². The summed E-state index contributed by atoms with van der Waals surface area (Å²) in [6, 6.07) is 22.0. The summed E-state index contributed by atoms with van der Waals surface area (Å²) in [5.41, 5.74) is 6.87. The highest BCUT2D eigenvalue weighted by Crippen LogP contribution is 2.28. The third-order valence-electron chi connectivity index (χ3n) is 5.48. The van der Waals surface area contributed by atoms with E-state index in [1.165, 1.54) is 16.7 Å². The number of rotatable bonds is 8. The Labute approximate surface area is 178 Å². The van der Waals surface area contributed by atoms with Crippen LogP contribution in [0.4, 0.5) is 0 Å². The molecule has 0 aliphatic heterocycles. The smallest absolute Gasteiger partial charge is 0.320 e. The summed E-state index contributed by atoms with van der Waals surface area (Å²) in [7, 11) is 0. The second-order valence-electron chi connectivity index (χ2n) is 7.72. The van der Waals surface area contributed by atoms with Gasteiger partial charge in [-0.05, 0) is 67.1 Å². The molecule has 3 aromatic rings. The molecule has 2 atom stereocenters. The van der Waals surface area contributed by atoms with Gasteiger partial charge in [-0.2, -0.15) is 0 Å². The van der Waals surface area contributed by atoms with Gasteiger partial charge in [0.25, 0.3) is 0 Å². The van der Waals surface area contributed by atoms with Crippen molar-refractivity contribution >= 4 is 5.97 Å². The summed E-state index contributed by atoms with van der Waals surface area (Å²) < 4.78 is 6.13. The Kier molecular flexibility index (Phi) is 6.91. The summed E-state index contributed by atoms with van der Waals surface area (Å²) >= 11 is 0. The molecule has 1 unspecified atom stereocenters. The van der Waals surface area contributed by atoms with Gasteiger partial charge in [-0.15, -0.1) is 0 Å². The van der Waals surface area contributed by atoms with Gasteiger partial charge in [-0.25, -0.2) is 0 Å². The highest BCUT2D eigenvalue weighted by molar-refractivity contribution is 5.73. The van der Waals surface area contributed by atoms with Crippen molar-refractivity contribution in [3.8, 4) is 16.9 Å². The van der Waals surface area contributed by atoms with Crippen LogP contribution in [-0.2, 0) is 11.4 Å². The number of hydrogen-bond acceptors (Lipinski definition) is 3. The molecule has 0 saturated heterocycles. The molecule has 4 heteroatoms. The average Bonchev–Trinajstić information content (AvgIpc) is 2.74. The number of aryl methyl sites for hydroxylation is 1. The molecule has 0 radical (unpaired) electrons. The van der Waals surface area contributed by atoms with Crippen molar-refractivity contribution in [1.82, 2.24) is 5.32 Å². The molecular formula is C26H29NO3. The SMILES string of the molecule is Cc1cc(C(C)N[C@H](C)C(=O)O)ccc1OCc1cccc(-c2ccccc2)c1C. The van der Waals surface area contributed by atoms with Crippen molar-refractivity contribution in [3.05, 3.63) is 89.0 Å². The van der Waals surface area contributed by atoms with Gasteiger partial charge >= 0.3 is 5.97 Å². The summed E-state index contributed by atoms with van der Waals surface area (Å²) in [6.45, 7) is 8.26. The molecule has 3 rings (SSSR count). The van der Waals surface area contributed by atoms with E-state index in [1.54, 1.807) is 6.92 Å². The zero-order valence-corrected chi connectivity index (χ0v) is 18.0. The van der Waals surface area contributed by atoms with E-state index >= 15 is 0 Å². The minimum Gasteiger partial charge on any atom is -0.489 e. The van der Waals surface area contributed by atoms with Crippen LogP contribution in [0.15, 0.2) is 66.7 Å². The van der Waals surface area contributed by atoms with E-state index in [1.807, 2.05) is 32.0 Å². The van der Waals surface area contributed by atoms with Gasteiger partial charge in [-0.3, -0.25) is 10.1 Å². The van der Waals surface area contributed by atoms with Gasteiger partial charge in [0, 0.05) is 6.04 Å². The van der Waals surface area contributed by atoms with Crippen LogP contribution in [-0.4, -0.2) is 17.1 Å². The molecule has 0 saturated carbocycles. The lowest BCUT2D eigenvalue weighted by Crippen LogP contribution is -2.35. The van der Waals surface area contributed by atoms with E-state index < -0.39 is 12.0 Å². The molecule has 0 bridgehead atoms. The Hall–Kier alpha value is -3.11. The fourth-order valence-electron chi connectivity index (χ4n) is 3.57. The monoisotopic (exact) mass is 403 g/mol. The normalized spacial score (nSPS) is 12.9. The molecule has 0 aromatic heterocycles. The van der Waals surface area contributed by atoms with E-state index in [0.717, 1.165) is 22.4 Å². The third kappa shape index (κ3) is 5.08. The van der Waals surface area contributed by atoms with Gasteiger partial charge in [-0.1, -0.05) is 60.7 Å². The van der Waals surface area contributed by atoms with E-state index in [2.05, 4.69) is 60.8 Å². The van der Waals surface area contributed by atoms with Crippen LogP contribution in [0.3, 0.4) is 0 Å². The van der Waals surface area contributed by atoms with E-state index in [-0.39, 0.29) is 6.04 Å².